The van der Waals surface area contributed by atoms with Crippen LogP contribution in [-0.4, -0.2) is 10.2 Å². The highest BCUT2D eigenvalue weighted by atomic mass is 16.5. The summed E-state index contributed by atoms with van der Waals surface area (Å²) in [5, 5.41) is 19.0. The molecule has 0 aromatic heterocycles. The molecule has 2 saturated carbocycles. The van der Waals surface area contributed by atoms with Gasteiger partial charge >= 0.3 is 0 Å². The summed E-state index contributed by atoms with van der Waals surface area (Å²) in [6.07, 6.45) is 9.25. The second-order valence-electron chi connectivity index (χ2n) is 4.48. The predicted molar refractivity (Wildman–Crippen MR) is 57.2 cm³/mol. The standard InChI is InChI=1S/C12H18O3/c13-11(9-3-1-4-9)7-15-8-12(14)10-5-2-6-10/h7-10,13-14H,1-6H2. The summed E-state index contributed by atoms with van der Waals surface area (Å²) < 4.78 is 5.05. The monoisotopic (exact) mass is 210 g/mol. The normalized spacial score (nSPS) is 24.5. The minimum atomic E-state index is 0.282. The molecule has 3 heteroatoms. The van der Waals surface area contributed by atoms with E-state index in [2.05, 4.69) is 0 Å². The van der Waals surface area contributed by atoms with Gasteiger partial charge in [-0.25, -0.2) is 0 Å². The maximum absolute atomic E-state index is 9.52. The van der Waals surface area contributed by atoms with Crippen molar-refractivity contribution >= 4 is 0 Å². The van der Waals surface area contributed by atoms with Gasteiger partial charge in [-0.05, 0) is 25.7 Å². The zero-order valence-electron chi connectivity index (χ0n) is 8.85. The lowest BCUT2D eigenvalue weighted by Crippen LogP contribution is -2.14. The molecular formula is C12H18O3. The summed E-state index contributed by atoms with van der Waals surface area (Å²) in [5.41, 5.74) is 0. The Hall–Kier alpha value is -1.12. The maximum atomic E-state index is 9.52. The van der Waals surface area contributed by atoms with Crippen molar-refractivity contribution in [3.63, 3.8) is 0 Å². The Balaban J connectivity index is 1.76. The van der Waals surface area contributed by atoms with Crippen LogP contribution in [0.5, 0.6) is 0 Å². The fourth-order valence-corrected chi connectivity index (χ4v) is 1.77. The Morgan fingerprint density at radius 3 is 1.53 bits per heavy atom. The first kappa shape index (κ1) is 10.4. The number of hydrogen-bond donors (Lipinski definition) is 2. The number of allylic oxidation sites excluding steroid dienone is 2. The van der Waals surface area contributed by atoms with E-state index < -0.39 is 0 Å². The molecule has 2 N–H and O–H groups in total. The molecule has 0 saturated heterocycles. The van der Waals surface area contributed by atoms with Gasteiger partial charge < -0.3 is 14.9 Å². The van der Waals surface area contributed by atoms with Crippen LogP contribution < -0.4 is 0 Å². The lowest BCUT2D eigenvalue weighted by Gasteiger charge is -2.24. The average Bonchev–Trinajstić information content (AvgIpc) is 1.96. The third kappa shape index (κ3) is 2.46. The Bertz CT molecular complexity index is 245. The molecule has 0 heterocycles. The Morgan fingerprint density at radius 2 is 1.27 bits per heavy atom. The van der Waals surface area contributed by atoms with Gasteiger partial charge in [-0.1, -0.05) is 12.8 Å². The molecule has 3 nitrogen and oxygen atoms in total. The lowest BCUT2D eigenvalue weighted by atomic mass is 9.84. The van der Waals surface area contributed by atoms with Crippen molar-refractivity contribution in [2.45, 2.75) is 38.5 Å². The minimum Gasteiger partial charge on any atom is -0.509 e. The first-order valence-electron chi connectivity index (χ1n) is 5.71. The third-order valence-corrected chi connectivity index (χ3v) is 3.42. The summed E-state index contributed by atoms with van der Waals surface area (Å²) in [4.78, 5) is 0. The second-order valence-corrected chi connectivity index (χ2v) is 4.48. The fourth-order valence-electron chi connectivity index (χ4n) is 1.77. The first-order valence-corrected chi connectivity index (χ1v) is 5.71. The van der Waals surface area contributed by atoms with E-state index in [4.69, 9.17) is 4.74 Å². The highest BCUT2D eigenvalue weighted by Gasteiger charge is 2.23. The number of ether oxygens (including phenoxy) is 1. The second kappa shape index (κ2) is 4.60. The summed E-state index contributed by atoms with van der Waals surface area (Å²) in [6, 6.07) is 0. The van der Waals surface area contributed by atoms with Gasteiger partial charge in [-0.3, -0.25) is 0 Å². The highest BCUT2D eigenvalue weighted by molar-refractivity contribution is 5.00. The topological polar surface area (TPSA) is 49.7 Å². The summed E-state index contributed by atoms with van der Waals surface area (Å²) >= 11 is 0. The van der Waals surface area contributed by atoms with Crippen molar-refractivity contribution in [3.8, 4) is 0 Å². The van der Waals surface area contributed by atoms with Crippen LogP contribution in [0.15, 0.2) is 24.0 Å². The van der Waals surface area contributed by atoms with Crippen LogP contribution in [0.1, 0.15) is 38.5 Å². The molecule has 2 aliphatic carbocycles. The molecular weight excluding hydrogens is 192 g/mol. The van der Waals surface area contributed by atoms with E-state index in [-0.39, 0.29) is 11.8 Å². The summed E-state index contributed by atoms with van der Waals surface area (Å²) in [7, 11) is 0. The molecule has 0 radical (unpaired) electrons. The molecule has 84 valence electrons. The van der Waals surface area contributed by atoms with Crippen molar-refractivity contribution in [2.75, 3.05) is 0 Å². The van der Waals surface area contributed by atoms with Crippen LogP contribution in [0, 0.1) is 11.8 Å². The molecule has 0 amide bonds. The largest absolute Gasteiger partial charge is 0.509 e. The Labute approximate surface area is 90.1 Å². The van der Waals surface area contributed by atoms with Crippen LogP contribution in [0.25, 0.3) is 0 Å². The van der Waals surface area contributed by atoms with Crippen molar-refractivity contribution in [1.29, 1.82) is 0 Å². The van der Waals surface area contributed by atoms with E-state index >= 15 is 0 Å². The Morgan fingerprint density at radius 1 is 0.867 bits per heavy atom. The maximum Gasteiger partial charge on any atom is 0.130 e. The van der Waals surface area contributed by atoms with Crippen LogP contribution in [0.2, 0.25) is 0 Å². The van der Waals surface area contributed by atoms with Gasteiger partial charge in [0.25, 0.3) is 0 Å². The van der Waals surface area contributed by atoms with E-state index in [1.807, 2.05) is 0 Å². The van der Waals surface area contributed by atoms with Crippen molar-refractivity contribution in [1.82, 2.24) is 0 Å². The third-order valence-electron chi connectivity index (χ3n) is 3.42. The van der Waals surface area contributed by atoms with Crippen molar-refractivity contribution in [2.24, 2.45) is 11.8 Å². The molecule has 15 heavy (non-hydrogen) atoms. The average molecular weight is 210 g/mol. The van der Waals surface area contributed by atoms with Gasteiger partial charge in [0, 0.05) is 11.8 Å². The molecule has 2 fully saturated rings. The molecule has 2 aliphatic rings. The molecule has 0 aromatic carbocycles. The zero-order chi connectivity index (χ0) is 10.7. The molecule has 2 rings (SSSR count). The van der Waals surface area contributed by atoms with E-state index in [0.29, 0.717) is 11.5 Å². The van der Waals surface area contributed by atoms with Crippen molar-refractivity contribution in [3.05, 3.63) is 24.0 Å². The van der Waals surface area contributed by atoms with Crippen LogP contribution in [0.3, 0.4) is 0 Å². The summed E-state index contributed by atoms with van der Waals surface area (Å²) in [6.45, 7) is 0. The molecule has 0 spiro atoms. The number of aliphatic hydroxyl groups is 2. The fraction of sp³-hybridized carbons (Fsp3) is 0.667. The molecule has 0 aromatic rings. The number of aliphatic hydroxyl groups excluding tert-OH is 2. The van der Waals surface area contributed by atoms with Gasteiger partial charge in [0.15, 0.2) is 0 Å². The molecule has 0 atom stereocenters. The van der Waals surface area contributed by atoms with Gasteiger partial charge in [-0.2, -0.15) is 0 Å². The number of rotatable bonds is 4. The number of hydrogen-bond acceptors (Lipinski definition) is 3. The van der Waals surface area contributed by atoms with Gasteiger partial charge in [-0.15, -0.1) is 0 Å². The molecule has 0 bridgehead atoms. The highest BCUT2D eigenvalue weighted by Crippen LogP contribution is 2.33. The van der Waals surface area contributed by atoms with Crippen molar-refractivity contribution < 1.29 is 14.9 Å². The predicted octanol–water partition coefficient (Wildman–Crippen LogP) is 3.40. The van der Waals surface area contributed by atoms with Crippen LogP contribution in [-0.2, 0) is 4.74 Å². The van der Waals surface area contributed by atoms with E-state index in [9.17, 15) is 10.2 Å². The SMILES string of the molecule is OC(=COC=C(O)C1CCC1)C1CCC1. The van der Waals surface area contributed by atoms with Gasteiger partial charge in [0.05, 0.1) is 0 Å². The molecule has 0 unspecified atom stereocenters. The van der Waals surface area contributed by atoms with Gasteiger partial charge in [0.2, 0.25) is 0 Å². The van der Waals surface area contributed by atoms with E-state index in [1.54, 1.807) is 0 Å². The first-order chi connectivity index (χ1) is 7.27. The zero-order valence-corrected chi connectivity index (χ0v) is 8.85. The van der Waals surface area contributed by atoms with Crippen LogP contribution >= 0.6 is 0 Å². The van der Waals surface area contributed by atoms with E-state index in [0.717, 1.165) is 25.7 Å². The minimum absolute atomic E-state index is 0.282. The lowest BCUT2D eigenvalue weighted by molar-refractivity contribution is 0.206. The van der Waals surface area contributed by atoms with E-state index in [1.165, 1.54) is 25.4 Å². The smallest absolute Gasteiger partial charge is 0.130 e. The van der Waals surface area contributed by atoms with Crippen LogP contribution in [0.4, 0.5) is 0 Å². The van der Waals surface area contributed by atoms with Gasteiger partial charge in [0.1, 0.15) is 24.0 Å². The quantitative estimate of drug-likeness (QED) is 0.699. The Kier molecular flexibility index (Phi) is 3.19. The summed E-state index contributed by atoms with van der Waals surface area (Å²) in [5.74, 6) is 1.17. The molecule has 0 aliphatic heterocycles.